The molecule has 1 aromatic heterocycles. The minimum atomic E-state index is 0.209. The first-order valence-electron chi connectivity index (χ1n) is 11.8. The van der Waals surface area contributed by atoms with Crippen LogP contribution >= 0.6 is 0 Å². The van der Waals surface area contributed by atoms with E-state index in [9.17, 15) is 4.79 Å². The van der Waals surface area contributed by atoms with Crippen molar-refractivity contribution in [1.29, 1.82) is 0 Å². The smallest absolute Gasteiger partial charge is 0.222 e. The molecule has 6 nitrogen and oxygen atoms in total. The molecule has 1 aliphatic heterocycles. The number of benzene rings is 2. The number of amides is 1. The molecular formula is C27H34N4O2. The van der Waals surface area contributed by atoms with Gasteiger partial charge in [0.25, 0.3) is 0 Å². The van der Waals surface area contributed by atoms with Crippen LogP contribution in [0.15, 0.2) is 71.3 Å². The maximum absolute atomic E-state index is 12.9. The zero-order chi connectivity index (χ0) is 23.0. The quantitative estimate of drug-likeness (QED) is 0.536. The van der Waals surface area contributed by atoms with Crippen molar-refractivity contribution < 1.29 is 9.32 Å². The van der Waals surface area contributed by atoms with Crippen molar-refractivity contribution in [3.63, 3.8) is 0 Å². The lowest BCUT2D eigenvalue weighted by molar-refractivity contribution is -0.132. The number of anilines is 1. The Bertz CT molecular complexity index is 1010. The van der Waals surface area contributed by atoms with E-state index in [4.69, 9.17) is 4.52 Å². The van der Waals surface area contributed by atoms with Crippen molar-refractivity contribution in [2.24, 2.45) is 11.8 Å². The molecule has 33 heavy (non-hydrogen) atoms. The molecule has 2 atom stereocenters. The normalized spacial score (nSPS) is 18.1. The van der Waals surface area contributed by atoms with Crippen molar-refractivity contribution in [3.8, 4) is 0 Å². The number of nitrogens with one attached hydrogen (secondary N) is 1. The minimum absolute atomic E-state index is 0.209. The van der Waals surface area contributed by atoms with Crippen LogP contribution in [-0.2, 0) is 24.3 Å². The Labute approximate surface area is 196 Å². The molecule has 2 aromatic carbocycles. The number of para-hydroxylation sites is 1. The van der Waals surface area contributed by atoms with E-state index in [1.807, 2.05) is 48.3 Å². The second kappa shape index (κ2) is 11.1. The van der Waals surface area contributed by atoms with Gasteiger partial charge in [0.2, 0.25) is 5.91 Å². The van der Waals surface area contributed by atoms with E-state index in [2.05, 4.69) is 52.8 Å². The molecule has 174 valence electrons. The third-order valence-electron chi connectivity index (χ3n) is 6.56. The van der Waals surface area contributed by atoms with Gasteiger partial charge in [-0.1, -0.05) is 53.7 Å². The van der Waals surface area contributed by atoms with Crippen molar-refractivity contribution in [2.75, 3.05) is 32.1 Å². The van der Waals surface area contributed by atoms with Gasteiger partial charge in [0.1, 0.15) is 0 Å². The van der Waals surface area contributed by atoms with Crippen LogP contribution in [0.25, 0.3) is 0 Å². The Morgan fingerprint density at radius 2 is 1.76 bits per heavy atom. The summed E-state index contributed by atoms with van der Waals surface area (Å²) in [7, 11) is 3.95. The predicted molar refractivity (Wildman–Crippen MR) is 131 cm³/mol. The molecule has 1 N–H and O–H groups in total. The highest BCUT2D eigenvalue weighted by Gasteiger charge is 2.29. The van der Waals surface area contributed by atoms with Gasteiger partial charge < -0.3 is 19.6 Å². The molecule has 0 radical (unpaired) electrons. The second-order valence-electron chi connectivity index (χ2n) is 9.13. The van der Waals surface area contributed by atoms with Crippen LogP contribution in [0.4, 0.5) is 5.69 Å². The summed E-state index contributed by atoms with van der Waals surface area (Å²) in [5, 5.41) is 7.83. The molecule has 1 fully saturated rings. The molecule has 2 heterocycles. The van der Waals surface area contributed by atoms with Crippen LogP contribution in [0.3, 0.4) is 0 Å². The molecule has 1 saturated heterocycles. The maximum atomic E-state index is 12.9. The van der Waals surface area contributed by atoms with Crippen molar-refractivity contribution in [3.05, 3.63) is 83.7 Å². The fraction of sp³-hybridized carbons (Fsp3) is 0.407. The van der Waals surface area contributed by atoms with Crippen LogP contribution in [0.2, 0.25) is 0 Å². The van der Waals surface area contributed by atoms with Crippen LogP contribution in [-0.4, -0.2) is 43.1 Å². The lowest BCUT2D eigenvalue weighted by Crippen LogP contribution is -2.40. The van der Waals surface area contributed by atoms with E-state index in [0.29, 0.717) is 31.3 Å². The van der Waals surface area contributed by atoms with Gasteiger partial charge in [0.05, 0.1) is 12.2 Å². The van der Waals surface area contributed by atoms with E-state index in [1.165, 1.54) is 0 Å². The minimum Gasteiger partial charge on any atom is -0.367 e. The fourth-order valence-corrected chi connectivity index (χ4v) is 4.61. The van der Waals surface area contributed by atoms with Gasteiger partial charge in [0.15, 0.2) is 5.76 Å². The Balaban J connectivity index is 1.32. The fourth-order valence-electron chi connectivity index (χ4n) is 4.61. The van der Waals surface area contributed by atoms with Crippen molar-refractivity contribution in [1.82, 2.24) is 15.4 Å². The molecule has 1 amide bonds. The molecule has 0 saturated carbocycles. The summed E-state index contributed by atoms with van der Waals surface area (Å²) >= 11 is 0. The molecule has 0 bridgehead atoms. The van der Waals surface area contributed by atoms with Crippen LogP contribution < -0.4 is 10.2 Å². The largest absolute Gasteiger partial charge is 0.367 e. The molecule has 4 rings (SSSR count). The van der Waals surface area contributed by atoms with E-state index in [0.717, 1.165) is 48.6 Å². The zero-order valence-electron chi connectivity index (χ0n) is 19.6. The van der Waals surface area contributed by atoms with Crippen LogP contribution in [0, 0.1) is 11.8 Å². The topological polar surface area (TPSA) is 61.6 Å². The standard InChI is InChI=1S/C27H34N4O2/c1-30(25-11-7-4-8-12-25)20-26-17-24(29-33-26)15-23-18-28-14-13-22(23)16-27(32)31(2)19-21-9-5-3-6-10-21/h3-12,17,22-23,28H,13-16,18-20H2,1-2H3. The van der Waals surface area contributed by atoms with Crippen LogP contribution in [0.5, 0.6) is 0 Å². The zero-order valence-corrected chi connectivity index (χ0v) is 19.6. The predicted octanol–water partition coefficient (Wildman–Crippen LogP) is 4.13. The number of aromatic nitrogens is 1. The Hall–Kier alpha value is -3.12. The summed E-state index contributed by atoms with van der Waals surface area (Å²) in [5.41, 5.74) is 3.27. The number of hydrogen-bond acceptors (Lipinski definition) is 5. The van der Waals surface area contributed by atoms with Gasteiger partial charge in [-0.2, -0.15) is 0 Å². The summed E-state index contributed by atoms with van der Waals surface area (Å²) in [6.45, 7) is 3.19. The van der Waals surface area contributed by atoms with E-state index in [-0.39, 0.29) is 5.91 Å². The SMILES string of the molecule is CN(Cc1ccccc1)C(=O)CC1CCNCC1Cc1cc(CN(C)c2ccccc2)on1. The van der Waals surface area contributed by atoms with E-state index >= 15 is 0 Å². The molecule has 0 spiro atoms. The van der Waals surface area contributed by atoms with E-state index in [1.54, 1.807) is 0 Å². The molecule has 2 unspecified atom stereocenters. The first kappa shape index (κ1) is 23.1. The molecule has 1 aliphatic rings. The number of rotatable bonds is 9. The maximum Gasteiger partial charge on any atom is 0.222 e. The van der Waals surface area contributed by atoms with Gasteiger partial charge >= 0.3 is 0 Å². The number of hydrogen-bond donors (Lipinski definition) is 1. The second-order valence-corrected chi connectivity index (χ2v) is 9.13. The Morgan fingerprint density at radius 3 is 2.52 bits per heavy atom. The van der Waals surface area contributed by atoms with Gasteiger partial charge in [-0.3, -0.25) is 4.79 Å². The van der Waals surface area contributed by atoms with Gasteiger partial charge in [-0.25, -0.2) is 0 Å². The number of nitrogens with zero attached hydrogens (tertiary/aromatic N) is 3. The van der Waals surface area contributed by atoms with Crippen LogP contribution in [0.1, 0.15) is 29.9 Å². The number of carbonyl (C=O) groups excluding carboxylic acids is 1. The van der Waals surface area contributed by atoms with Gasteiger partial charge in [-0.05, 0) is 55.5 Å². The number of piperidine rings is 1. The third kappa shape index (κ3) is 6.45. The first-order valence-corrected chi connectivity index (χ1v) is 11.8. The molecule has 3 aromatic rings. The Kier molecular flexibility index (Phi) is 7.79. The molecule has 6 heteroatoms. The summed E-state index contributed by atoms with van der Waals surface area (Å²) in [4.78, 5) is 16.9. The molecular weight excluding hydrogens is 412 g/mol. The summed E-state index contributed by atoms with van der Waals surface area (Å²) in [5.74, 6) is 1.79. The summed E-state index contributed by atoms with van der Waals surface area (Å²) in [6.07, 6.45) is 2.42. The first-order chi connectivity index (χ1) is 16.1. The highest BCUT2D eigenvalue weighted by molar-refractivity contribution is 5.76. The van der Waals surface area contributed by atoms with Gasteiger partial charge in [-0.15, -0.1) is 0 Å². The molecule has 0 aliphatic carbocycles. The van der Waals surface area contributed by atoms with Crippen molar-refractivity contribution in [2.45, 2.75) is 32.4 Å². The monoisotopic (exact) mass is 446 g/mol. The lowest BCUT2D eigenvalue weighted by atomic mass is 9.81. The van der Waals surface area contributed by atoms with Gasteiger partial charge in [0, 0.05) is 38.8 Å². The van der Waals surface area contributed by atoms with Crippen molar-refractivity contribution >= 4 is 11.6 Å². The lowest BCUT2D eigenvalue weighted by Gasteiger charge is -2.32. The average molecular weight is 447 g/mol. The summed E-state index contributed by atoms with van der Waals surface area (Å²) < 4.78 is 5.63. The highest BCUT2D eigenvalue weighted by Crippen LogP contribution is 2.27. The average Bonchev–Trinajstić information content (AvgIpc) is 3.28. The summed E-state index contributed by atoms with van der Waals surface area (Å²) in [6, 6.07) is 22.5. The third-order valence-corrected chi connectivity index (χ3v) is 6.56. The van der Waals surface area contributed by atoms with E-state index < -0.39 is 0 Å². The number of carbonyl (C=O) groups is 1. The highest BCUT2D eigenvalue weighted by atomic mass is 16.5. The Morgan fingerprint density at radius 1 is 1.03 bits per heavy atom.